The van der Waals surface area contributed by atoms with Gasteiger partial charge in [-0.25, -0.2) is 0 Å². The van der Waals surface area contributed by atoms with Crippen LogP contribution in [0.4, 0.5) is 17.1 Å². The summed E-state index contributed by atoms with van der Waals surface area (Å²) in [5.74, 6) is -0.251. The average Bonchev–Trinajstić information content (AvgIpc) is 3.20. The molecule has 0 bridgehead atoms. The molecule has 0 atom stereocenters. The zero-order valence-electron chi connectivity index (χ0n) is 15.9. The number of nitrogens with one attached hydrogen (secondary N) is 4. The molecule has 4 aromatic rings. The number of aromatic nitrogens is 3. The molecule has 0 saturated carbocycles. The van der Waals surface area contributed by atoms with Crippen LogP contribution in [-0.4, -0.2) is 27.3 Å². The van der Waals surface area contributed by atoms with Crippen LogP contribution in [0.25, 0.3) is 16.5 Å². The van der Waals surface area contributed by atoms with Gasteiger partial charge in [0, 0.05) is 40.3 Å². The second-order valence-electron chi connectivity index (χ2n) is 6.54. The van der Waals surface area contributed by atoms with Crippen LogP contribution in [0.5, 0.6) is 0 Å². The fraction of sp³-hybridized carbons (Fsp3) is 0. The van der Waals surface area contributed by atoms with Crippen LogP contribution in [0.2, 0.25) is 0 Å². The Morgan fingerprint density at radius 3 is 2.50 bits per heavy atom. The number of carbonyl (C=O) groups excluding carboxylic acids is 1. The summed E-state index contributed by atoms with van der Waals surface area (Å²) in [5, 5.41) is 21.9. The number of nitrogens with zero attached hydrogens (tertiary/aromatic N) is 2. The number of benzene rings is 2. The van der Waals surface area contributed by atoms with E-state index in [4.69, 9.17) is 11.1 Å². The van der Waals surface area contributed by atoms with Crippen molar-refractivity contribution < 1.29 is 4.79 Å². The van der Waals surface area contributed by atoms with Crippen molar-refractivity contribution in [2.24, 2.45) is 5.73 Å². The molecule has 0 aliphatic carbocycles. The van der Waals surface area contributed by atoms with E-state index in [2.05, 4.69) is 25.8 Å². The largest absolute Gasteiger partial charge is 0.404 e. The molecule has 0 radical (unpaired) electrons. The fourth-order valence-corrected chi connectivity index (χ4v) is 3.03. The number of carbonyl (C=O) groups is 1. The maximum absolute atomic E-state index is 12.5. The first-order valence-electron chi connectivity index (χ1n) is 9.17. The second kappa shape index (κ2) is 8.27. The fourth-order valence-electron chi connectivity index (χ4n) is 3.03. The van der Waals surface area contributed by atoms with Crippen molar-refractivity contribution in [1.29, 1.82) is 5.41 Å². The lowest BCUT2D eigenvalue weighted by Crippen LogP contribution is -2.12. The Morgan fingerprint density at radius 2 is 1.80 bits per heavy atom. The smallest absolute Gasteiger partial charge is 0.272 e. The minimum absolute atomic E-state index is 0.251. The molecule has 0 aliphatic heterocycles. The van der Waals surface area contributed by atoms with Gasteiger partial charge >= 0.3 is 0 Å². The van der Waals surface area contributed by atoms with Crippen LogP contribution in [0.1, 0.15) is 16.1 Å². The van der Waals surface area contributed by atoms with Crippen molar-refractivity contribution in [2.75, 3.05) is 10.6 Å². The number of aromatic amines is 1. The standard InChI is InChI=1S/C22H19N7O/c23-11-16(12-24)14-1-4-17(5-2-14)27-18-6-3-15-9-21(29-20(15)10-18)22(30)28-19-7-8-25-26-13-19/h1-13,23,27,29H,24H2,(H,25,28,30)/b16-12+,23-11?. The lowest BCUT2D eigenvalue weighted by atomic mass is 10.1. The molecule has 0 aliphatic rings. The van der Waals surface area contributed by atoms with E-state index in [1.54, 1.807) is 12.1 Å². The lowest BCUT2D eigenvalue weighted by molar-refractivity contribution is 0.102. The number of H-pyrrole nitrogens is 1. The Morgan fingerprint density at radius 1 is 1.00 bits per heavy atom. The van der Waals surface area contributed by atoms with Crippen LogP contribution in [0, 0.1) is 5.41 Å². The van der Waals surface area contributed by atoms with E-state index >= 15 is 0 Å². The first kappa shape index (κ1) is 18.9. The highest BCUT2D eigenvalue weighted by Gasteiger charge is 2.10. The lowest BCUT2D eigenvalue weighted by Gasteiger charge is -2.08. The van der Waals surface area contributed by atoms with Gasteiger partial charge in [-0.15, -0.1) is 0 Å². The van der Waals surface area contributed by atoms with Crippen molar-refractivity contribution in [3.8, 4) is 0 Å². The molecule has 148 valence electrons. The highest BCUT2D eigenvalue weighted by molar-refractivity contribution is 6.08. The van der Waals surface area contributed by atoms with Gasteiger partial charge in [-0.3, -0.25) is 4.79 Å². The van der Waals surface area contributed by atoms with E-state index in [0.717, 1.165) is 27.8 Å². The molecule has 0 saturated heterocycles. The average molecular weight is 397 g/mol. The first-order chi connectivity index (χ1) is 14.7. The van der Waals surface area contributed by atoms with Crippen LogP contribution in [0.15, 0.2) is 73.2 Å². The van der Waals surface area contributed by atoms with Crippen molar-refractivity contribution in [1.82, 2.24) is 15.2 Å². The third-order valence-electron chi connectivity index (χ3n) is 4.55. The molecule has 2 heterocycles. The van der Waals surface area contributed by atoms with Gasteiger partial charge in [0.2, 0.25) is 0 Å². The SMILES string of the molecule is N=C/C(=C\N)c1ccc(Nc2ccc3cc(C(=O)Nc4ccnnc4)[nH]c3c2)cc1. The number of rotatable bonds is 6. The van der Waals surface area contributed by atoms with Gasteiger partial charge in [0.25, 0.3) is 5.91 Å². The molecule has 0 fully saturated rings. The predicted molar refractivity (Wildman–Crippen MR) is 119 cm³/mol. The van der Waals surface area contributed by atoms with Crippen LogP contribution < -0.4 is 16.4 Å². The monoisotopic (exact) mass is 397 g/mol. The number of hydrogen-bond donors (Lipinski definition) is 5. The van der Waals surface area contributed by atoms with Crippen molar-refractivity contribution >= 4 is 45.7 Å². The molecule has 0 spiro atoms. The molecule has 8 nitrogen and oxygen atoms in total. The number of fused-ring (bicyclic) bond motifs is 1. The molecule has 30 heavy (non-hydrogen) atoms. The van der Waals surface area contributed by atoms with Crippen molar-refractivity contribution in [2.45, 2.75) is 0 Å². The molecular weight excluding hydrogens is 378 g/mol. The Bertz CT molecular complexity index is 1230. The highest BCUT2D eigenvalue weighted by atomic mass is 16.1. The summed E-state index contributed by atoms with van der Waals surface area (Å²) in [7, 11) is 0. The Balaban J connectivity index is 1.51. The second-order valence-corrected chi connectivity index (χ2v) is 6.54. The number of anilines is 3. The van der Waals surface area contributed by atoms with Crippen LogP contribution >= 0.6 is 0 Å². The third-order valence-corrected chi connectivity index (χ3v) is 4.55. The number of amides is 1. The minimum atomic E-state index is -0.251. The minimum Gasteiger partial charge on any atom is -0.404 e. The molecule has 2 aromatic heterocycles. The number of hydrogen-bond acceptors (Lipinski definition) is 6. The van der Waals surface area contributed by atoms with Crippen LogP contribution in [0.3, 0.4) is 0 Å². The van der Waals surface area contributed by atoms with Gasteiger partial charge in [-0.2, -0.15) is 10.2 Å². The van der Waals surface area contributed by atoms with Crippen LogP contribution in [-0.2, 0) is 0 Å². The number of nitrogens with two attached hydrogens (primary N) is 1. The molecule has 2 aromatic carbocycles. The van der Waals surface area contributed by atoms with E-state index < -0.39 is 0 Å². The van der Waals surface area contributed by atoms with E-state index in [1.807, 2.05) is 42.5 Å². The van der Waals surface area contributed by atoms with Gasteiger partial charge in [0.05, 0.1) is 18.1 Å². The molecule has 6 N–H and O–H groups in total. The first-order valence-corrected chi connectivity index (χ1v) is 9.17. The Kier molecular flexibility index (Phi) is 5.21. The summed E-state index contributed by atoms with van der Waals surface area (Å²) in [5.41, 5.74) is 10.7. The van der Waals surface area contributed by atoms with E-state index in [-0.39, 0.29) is 5.91 Å². The van der Waals surface area contributed by atoms with E-state index in [1.165, 1.54) is 24.8 Å². The molecule has 0 unspecified atom stereocenters. The van der Waals surface area contributed by atoms with E-state index in [9.17, 15) is 4.79 Å². The molecule has 8 heteroatoms. The maximum Gasteiger partial charge on any atom is 0.272 e. The summed E-state index contributed by atoms with van der Waals surface area (Å²) in [4.78, 5) is 15.6. The third kappa shape index (κ3) is 4.02. The predicted octanol–water partition coefficient (Wildman–Crippen LogP) is 3.90. The normalized spacial score (nSPS) is 11.3. The van der Waals surface area contributed by atoms with Gasteiger partial charge in [0.15, 0.2) is 0 Å². The summed E-state index contributed by atoms with van der Waals surface area (Å²) in [6.45, 7) is 0. The zero-order valence-corrected chi connectivity index (χ0v) is 15.9. The van der Waals surface area contributed by atoms with Gasteiger partial charge < -0.3 is 26.8 Å². The summed E-state index contributed by atoms with van der Waals surface area (Å²) >= 11 is 0. The summed E-state index contributed by atoms with van der Waals surface area (Å²) < 4.78 is 0. The van der Waals surface area contributed by atoms with Gasteiger partial charge in [-0.1, -0.05) is 18.2 Å². The summed E-state index contributed by atoms with van der Waals surface area (Å²) in [6.07, 6.45) is 5.64. The van der Waals surface area contributed by atoms with Gasteiger partial charge in [0.1, 0.15) is 5.69 Å². The Hall–Kier alpha value is -4.46. The Labute approximate surface area is 172 Å². The zero-order chi connectivity index (χ0) is 20.9. The van der Waals surface area contributed by atoms with Crippen molar-refractivity contribution in [3.63, 3.8) is 0 Å². The maximum atomic E-state index is 12.5. The summed E-state index contributed by atoms with van der Waals surface area (Å²) in [6, 6.07) is 16.9. The van der Waals surface area contributed by atoms with Gasteiger partial charge in [-0.05, 0) is 42.0 Å². The number of allylic oxidation sites excluding steroid dienone is 1. The quantitative estimate of drug-likeness (QED) is 0.315. The van der Waals surface area contributed by atoms with Crippen molar-refractivity contribution in [3.05, 3.63) is 84.4 Å². The molecular formula is C22H19N7O. The van der Waals surface area contributed by atoms with E-state index in [0.29, 0.717) is 17.0 Å². The topological polar surface area (TPSA) is 133 Å². The highest BCUT2D eigenvalue weighted by Crippen LogP contribution is 2.24. The molecule has 1 amide bonds. The molecule has 4 rings (SSSR count).